The van der Waals surface area contributed by atoms with Crippen LogP contribution in [0.1, 0.15) is 46.5 Å². The van der Waals surface area contributed by atoms with E-state index in [0.29, 0.717) is 0 Å². The second-order valence-corrected chi connectivity index (χ2v) is 6.23. The van der Waals surface area contributed by atoms with Gasteiger partial charge in [0.25, 0.3) is 0 Å². The monoisotopic (exact) mass is 258 g/mol. The highest BCUT2D eigenvalue weighted by molar-refractivity contribution is 8.00. The molecule has 2 unspecified atom stereocenters. The van der Waals surface area contributed by atoms with Gasteiger partial charge in [0.1, 0.15) is 0 Å². The van der Waals surface area contributed by atoms with Crippen molar-refractivity contribution >= 4 is 11.8 Å². The summed E-state index contributed by atoms with van der Waals surface area (Å²) in [5.41, 5.74) is 0. The Morgan fingerprint density at radius 1 is 1.12 bits per heavy atom. The molecular formula is C14H30N2S. The van der Waals surface area contributed by atoms with Gasteiger partial charge in [0, 0.05) is 23.6 Å². The number of nitrogens with zero attached hydrogens (tertiary/aromatic N) is 1. The minimum atomic E-state index is 0.774. The standard InChI is InChI=1S/C14H30N2S/c1-4-15-13-9-7-8-10-14(13)17-12-11-16(5-2)6-3/h13-15H,4-12H2,1-3H3. The Labute approximate surface area is 112 Å². The predicted molar refractivity (Wildman–Crippen MR) is 80.0 cm³/mol. The molecule has 3 heteroatoms. The van der Waals surface area contributed by atoms with Crippen LogP contribution in [0.4, 0.5) is 0 Å². The van der Waals surface area contributed by atoms with E-state index in [2.05, 4.69) is 42.7 Å². The summed E-state index contributed by atoms with van der Waals surface area (Å²) in [7, 11) is 0. The van der Waals surface area contributed by atoms with E-state index in [1.807, 2.05) is 0 Å². The zero-order valence-electron chi connectivity index (χ0n) is 11.9. The van der Waals surface area contributed by atoms with Crippen molar-refractivity contribution < 1.29 is 0 Å². The molecule has 1 aliphatic carbocycles. The molecule has 2 nitrogen and oxygen atoms in total. The highest BCUT2D eigenvalue weighted by Crippen LogP contribution is 2.28. The highest BCUT2D eigenvalue weighted by Gasteiger charge is 2.24. The van der Waals surface area contributed by atoms with Crippen LogP contribution >= 0.6 is 11.8 Å². The molecule has 0 amide bonds. The van der Waals surface area contributed by atoms with Crippen LogP contribution in [0.5, 0.6) is 0 Å². The summed E-state index contributed by atoms with van der Waals surface area (Å²) >= 11 is 2.20. The third kappa shape index (κ3) is 5.62. The molecule has 1 rings (SSSR count). The van der Waals surface area contributed by atoms with Gasteiger partial charge >= 0.3 is 0 Å². The smallest absolute Gasteiger partial charge is 0.0201 e. The molecule has 1 fully saturated rings. The van der Waals surface area contributed by atoms with Gasteiger partial charge in [0.05, 0.1) is 0 Å². The van der Waals surface area contributed by atoms with Gasteiger partial charge < -0.3 is 10.2 Å². The molecule has 1 saturated carbocycles. The van der Waals surface area contributed by atoms with Crippen molar-refractivity contribution in [2.24, 2.45) is 0 Å². The van der Waals surface area contributed by atoms with Gasteiger partial charge in [0.2, 0.25) is 0 Å². The van der Waals surface area contributed by atoms with Crippen molar-refractivity contribution in [1.29, 1.82) is 0 Å². The van der Waals surface area contributed by atoms with E-state index < -0.39 is 0 Å². The Balaban J connectivity index is 2.23. The van der Waals surface area contributed by atoms with E-state index in [-0.39, 0.29) is 0 Å². The zero-order chi connectivity index (χ0) is 12.5. The maximum absolute atomic E-state index is 3.67. The maximum atomic E-state index is 3.67. The molecule has 0 aromatic rings. The van der Waals surface area contributed by atoms with E-state index in [9.17, 15) is 0 Å². The number of thioether (sulfide) groups is 1. The molecule has 0 aromatic heterocycles. The molecule has 0 bridgehead atoms. The fraction of sp³-hybridized carbons (Fsp3) is 1.00. The van der Waals surface area contributed by atoms with Crippen LogP contribution in [0.25, 0.3) is 0 Å². The molecular weight excluding hydrogens is 228 g/mol. The topological polar surface area (TPSA) is 15.3 Å². The molecule has 2 atom stereocenters. The van der Waals surface area contributed by atoms with Crippen LogP contribution in [-0.4, -0.2) is 48.1 Å². The van der Waals surface area contributed by atoms with Crippen LogP contribution in [0.2, 0.25) is 0 Å². The lowest BCUT2D eigenvalue weighted by molar-refractivity contribution is 0.323. The van der Waals surface area contributed by atoms with Crippen molar-refractivity contribution in [2.75, 3.05) is 31.9 Å². The van der Waals surface area contributed by atoms with Crippen molar-refractivity contribution in [3.63, 3.8) is 0 Å². The van der Waals surface area contributed by atoms with Gasteiger partial charge in [-0.05, 0) is 32.5 Å². The first-order valence-electron chi connectivity index (χ1n) is 7.39. The molecule has 0 spiro atoms. The molecule has 1 N–H and O–H groups in total. The van der Waals surface area contributed by atoms with E-state index >= 15 is 0 Å². The number of rotatable bonds is 8. The van der Waals surface area contributed by atoms with Crippen molar-refractivity contribution in [2.45, 2.75) is 57.7 Å². The summed E-state index contributed by atoms with van der Waals surface area (Å²) in [4.78, 5) is 2.53. The van der Waals surface area contributed by atoms with E-state index in [1.165, 1.54) is 51.1 Å². The lowest BCUT2D eigenvalue weighted by Gasteiger charge is -2.32. The lowest BCUT2D eigenvalue weighted by Crippen LogP contribution is -2.40. The minimum Gasteiger partial charge on any atom is -0.313 e. The lowest BCUT2D eigenvalue weighted by atomic mass is 9.95. The van der Waals surface area contributed by atoms with E-state index in [4.69, 9.17) is 0 Å². The van der Waals surface area contributed by atoms with Gasteiger partial charge in [-0.25, -0.2) is 0 Å². The Morgan fingerprint density at radius 3 is 2.47 bits per heavy atom. The van der Waals surface area contributed by atoms with Gasteiger partial charge in [-0.2, -0.15) is 11.8 Å². The Morgan fingerprint density at radius 2 is 1.82 bits per heavy atom. The van der Waals surface area contributed by atoms with Gasteiger partial charge in [-0.1, -0.05) is 33.6 Å². The number of hydrogen-bond acceptors (Lipinski definition) is 3. The van der Waals surface area contributed by atoms with Crippen molar-refractivity contribution in [1.82, 2.24) is 10.2 Å². The summed E-state index contributed by atoms with van der Waals surface area (Å²) in [6.45, 7) is 11.5. The van der Waals surface area contributed by atoms with Crippen LogP contribution in [-0.2, 0) is 0 Å². The third-order valence-electron chi connectivity index (χ3n) is 3.80. The quantitative estimate of drug-likeness (QED) is 0.720. The highest BCUT2D eigenvalue weighted by atomic mass is 32.2. The van der Waals surface area contributed by atoms with Crippen molar-refractivity contribution in [3.8, 4) is 0 Å². The SMILES string of the molecule is CCNC1CCCCC1SCCN(CC)CC. The summed E-state index contributed by atoms with van der Waals surface area (Å²) < 4.78 is 0. The average Bonchev–Trinajstić information content (AvgIpc) is 2.37. The molecule has 0 saturated heterocycles. The summed E-state index contributed by atoms with van der Waals surface area (Å²) in [6.07, 6.45) is 5.66. The van der Waals surface area contributed by atoms with Crippen LogP contribution in [0.3, 0.4) is 0 Å². The second-order valence-electron chi connectivity index (χ2n) is 4.88. The summed E-state index contributed by atoms with van der Waals surface area (Å²) in [5.74, 6) is 1.30. The third-order valence-corrected chi connectivity index (χ3v) is 5.21. The predicted octanol–water partition coefficient (Wildman–Crippen LogP) is 2.98. The Kier molecular flexibility index (Phi) is 8.33. The normalized spacial score (nSPS) is 25.4. The first-order chi connectivity index (χ1) is 8.31. The van der Waals surface area contributed by atoms with E-state index in [1.54, 1.807) is 0 Å². The van der Waals surface area contributed by atoms with Gasteiger partial charge in [-0.15, -0.1) is 0 Å². The largest absolute Gasteiger partial charge is 0.313 e. The fourth-order valence-corrected chi connectivity index (χ4v) is 4.13. The first-order valence-corrected chi connectivity index (χ1v) is 8.44. The Bertz CT molecular complexity index is 181. The van der Waals surface area contributed by atoms with Crippen LogP contribution in [0, 0.1) is 0 Å². The summed E-state index contributed by atoms with van der Waals surface area (Å²) in [5, 5.41) is 4.53. The fourth-order valence-electron chi connectivity index (χ4n) is 2.67. The molecule has 102 valence electrons. The van der Waals surface area contributed by atoms with Crippen molar-refractivity contribution in [3.05, 3.63) is 0 Å². The van der Waals surface area contributed by atoms with Gasteiger partial charge in [-0.3, -0.25) is 0 Å². The Hall–Kier alpha value is 0.270. The molecule has 0 radical (unpaired) electrons. The average molecular weight is 258 g/mol. The first kappa shape index (κ1) is 15.3. The van der Waals surface area contributed by atoms with E-state index in [0.717, 1.165) is 17.8 Å². The van der Waals surface area contributed by atoms with Crippen LogP contribution < -0.4 is 5.32 Å². The molecule has 0 aromatic carbocycles. The maximum Gasteiger partial charge on any atom is 0.0201 e. The minimum absolute atomic E-state index is 0.774. The molecule has 1 aliphatic rings. The van der Waals surface area contributed by atoms with Crippen LogP contribution in [0.15, 0.2) is 0 Å². The number of nitrogens with one attached hydrogen (secondary N) is 1. The molecule has 0 aliphatic heterocycles. The number of hydrogen-bond donors (Lipinski definition) is 1. The molecule has 0 heterocycles. The molecule has 17 heavy (non-hydrogen) atoms. The second kappa shape index (κ2) is 9.23. The summed E-state index contributed by atoms with van der Waals surface area (Å²) in [6, 6.07) is 0.774. The van der Waals surface area contributed by atoms with Gasteiger partial charge in [0.15, 0.2) is 0 Å². The zero-order valence-corrected chi connectivity index (χ0v) is 12.7.